The van der Waals surface area contributed by atoms with Crippen molar-refractivity contribution in [3.8, 4) is 17.4 Å². The molecule has 1 unspecified atom stereocenters. The fourth-order valence-corrected chi connectivity index (χ4v) is 3.58. The van der Waals surface area contributed by atoms with E-state index in [4.69, 9.17) is 14.9 Å². The molecule has 4 rings (SSSR count). The van der Waals surface area contributed by atoms with Gasteiger partial charge < -0.3 is 20.2 Å². The van der Waals surface area contributed by atoms with Gasteiger partial charge in [-0.1, -0.05) is 13.0 Å². The Balaban J connectivity index is 1.40. The average Bonchev–Trinajstić information content (AvgIpc) is 3.34. The molecule has 0 radical (unpaired) electrons. The van der Waals surface area contributed by atoms with Gasteiger partial charge in [0.2, 0.25) is 11.9 Å². The van der Waals surface area contributed by atoms with Crippen molar-refractivity contribution in [2.75, 3.05) is 19.8 Å². The zero-order valence-electron chi connectivity index (χ0n) is 18.2. The highest BCUT2D eigenvalue weighted by Gasteiger charge is 2.24. The van der Waals surface area contributed by atoms with Crippen LogP contribution in [0.2, 0.25) is 0 Å². The van der Waals surface area contributed by atoms with Crippen molar-refractivity contribution < 1.29 is 14.3 Å². The van der Waals surface area contributed by atoms with E-state index in [9.17, 15) is 4.79 Å². The highest BCUT2D eigenvalue weighted by atomic mass is 16.6. The van der Waals surface area contributed by atoms with Crippen LogP contribution in [0.25, 0.3) is 5.95 Å². The molecule has 0 fully saturated rings. The first kappa shape index (κ1) is 21.5. The molecule has 1 aromatic carbocycles. The van der Waals surface area contributed by atoms with Crippen molar-refractivity contribution in [3.05, 3.63) is 59.9 Å². The fraction of sp³-hybridized carbons (Fsp3) is 0.348. The van der Waals surface area contributed by atoms with Gasteiger partial charge in [-0.05, 0) is 43.5 Å². The summed E-state index contributed by atoms with van der Waals surface area (Å²) in [6.07, 6.45) is 6.14. The van der Waals surface area contributed by atoms with E-state index in [-0.39, 0.29) is 11.6 Å². The highest BCUT2D eigenvalue weighted by Crippen LogP contribution is 2.30. The Kier molecular flexibility index (Phi) is 6.44. The van der Waals surface area contributed by atoms with Crippen molar-refractivity contribution >= 4 is 11.6 Å². The number of aromatic nitrogens is 4. The van der Waals surface area contributed by atoms with Crippen LogP contribution >= 0.6 is 0 Å². The van der Waals surface area contributed by atoms with E-state index in [2.05, 4.69) is 20.3 Å². The van der Waals surface area contributed by atoms with Crippen LogP contribution in [0, 0.1) is 18.3 Å². The molecule has 3 aromatic rings. The average molecular weight is 435 g/mol. The lowest BCUT2D eigenvalue weighted by atomic mass is 9.96. The molecule has 0 bridgehead atoms. The van der Waals surface area contributed by atoms with Gasteiger partial charge >= 0.3 is 0 Å². The number of ether oxygens (including phenoxy) is 2. The van der Waals surface area contributed by atoms with Gasteiger partial charge in [-0.15, -0.1) is 0 Å². The van der Waals surface area contributed by atoms with Crippen LogP contribution in [-0.2, 0) is 11.2 Å². The number of carbonyl (C=O) groups excluding carboxylic acids is 1. The SMILES string of the molecule is CCC(C(=N)c1cc(C)nc(-n2ccnc2)n1)C(=O)NCCc1ccc2c(c1)OCCO2. The van der Waals surface area contributed by atoms with Gasteiger partial charge in [0.15, 0.2) is 11.5 Å². The molecule has 1 aliphatic rings. The quantitative estimate of drug-likeness (QED) is 0.527. The summed E-state index contributed by atoms with van der Waals surface area (Å²) in [5.74, 6) is 1.13. The molecule has 0 saturated heterocycles. The Morgan fingerprint density at radius 2 is 2.03 bits per heavy atom. The van der Waals surface area contributed by atoms with E-state index < -0.39 is 5.92 Å². The minimum Gasteiger partial charge on any atom is -0.486 e. The van der Waals surface area contributed by atoms with Crippen LogP contribution in [-0.4, -0.2) is 50.9 Å². The van der Waals surface area contributed by atoms with E-state index in [1.807, 2.05) is 32.0 Å². The summed E-state index contributed by atoms with van der Waals surface area (Å²) in [7, 11) is 0. The number of imidazole rings is 1. The lowest BCUT2D eigenvalue weighted by Gasteiger charge is -2.19. The van der Waals surface area contributed by atoms with Crippen molar-refractivity contribution in [1.29, 1.82) is 5.41 Å². The molecular weight excluding hydrogens is 408 g/mol. The number of benzene rings is 1. The summed E-state index contributed by atoms with van der Waals surface area (Å²) in [5.41, 5.74) is 2.39. The number of aryl methyl sites for hydroxylation is 1. The standard InChI is InChI=1S/C23H26N6O3/c1-3-17(21(24)18-12-15(2)27-23(28-18)29-9-8-25-14-29)22(30)26-7-6-16-4-5-19-20(13-16)32-11-10-31-19/h4-5,8-9,12-14,17,24H,3,6-7,10-11H2,1-2H3,(H,26,30). The minimum atomic E-state index is -0.597. The summed E-state index contributed by atoms with van der Waals surface area (Å²) in [5, 5.41) is 11.6. The maximum atomic E-state index is 12.9. The first-order chi connectivity index (χ1) is 15.5. The fourth-order valence-electron chi connectivity index (χ4n) is 3.58. The topological polar surface area (TPSA) is 115 Å². The normalized spacial score (nSPS) is 13.4. The molecule has 0 saturated carbocycles. The number of hydrogen-bond acceptors (Lipinski definition) is 7. The number of nitrogens with zero attached hydrogens (tertiary/aromatic N) is 4. The second-order valence-corrected chi connectivity index (χ2v) is 7.56. The maximum absolute atomic E-state index is 12.9. The molecule has 32 heavy (non-hydrogen) atoms. The van der Waals surface area contributed by atoms with E-state index in [1.54, 1.807) is 29.4 Å². The number of carbonyl (C=O) groups is 1. The van der Waals surface area contributed by atoms with Gasteiger partial charge in [0.05, 0.1) is 17.3 Å². The Morgan fingerprint density at radius 3 is 2.78 bits per heavy atom. The van der Waals surface area contributed by atoms with Gasteiger partial charge in [-0.25, -0.2) is 15.0 Å². The molecule has 0 aliphatic carbocycles. The van der Waals surface area contributed by atoms with E-state index >= 15 is 0 Å². The first-order valence-corrected chi connectivity index (χ1v) is 10.6. The second-order valence-electron chi connectivity index (χ2n) is 7.56. The summed E-state index contributed by atoms with van der Waals surface area (Å²) in [6.45, 7) is 5.30. The molecule has 2 N–H and O–H groups in total. The first-order valence-electron chi connectivity index (χ1n) is 10.6. The molecule has 1 amide bonds. The summed E-state index contributed by atoms with van der Waals surface area (Å²) in [6, 6.07) is 7.54. The van der Waals surface area contributed by atoms with Crippen LogP contribution < -0.4 is 14.8 Å². The van der Waals surface area contributed by atoms with Crippen LogP contribution in [0.5, 0.6) is 11.5 Å². The Bertz CT molecular complexity index is 1110. The maximum Gasteiger partial charge on any atom is 0.235 e. The van der Waals surface area contributed by atoms with Gasteiger partial charge in [-0.2, -0.15) is 0 Å². The van der Waals surface area contributed by atoms with E-state index in [0.717, 1.165) is 22.8 Å². The van der Waals surface area contributed by atoms with Gasteiger partial charge in [0.25, 0.3) is 0 Å². The molecular formula is C23H26N6O3. The van der Waals surface area contributed by atoms with Crippen LogP contribution in [0.3, 0.4) is 0 Å². The molecule has 9 heteroatoms. The summed E-state index contributed by atoms with van der Waals surface area (Å²) < 4.78 is 12.8. The Hall–Kier alpha value is -3.75. The lowest BCUT2D eigenvalue weighted by Crippen LogP contribution is -2.36. The van der Waals surface area contributed by atoms with Gasteiger partial charge in [0.1, 0.15) is 19.5 Å². The third-order valence-electron chi connectivity index (χ3n) is 5.25. The Morgan fingerprint density at radius 1 is 1.22 bits per heavy atom. The zero-order valence-corrected chi connectivity index (χ0v) is 18.2. The van der Waals surface area contributed by atoms with Gasteiger partial charge in [-0.3, -0.25) is 9.36 Å². The van der Waals surface area contributed by atoms with Crippen molar-refractivity contribution in [3.63, 3.8) is 0 Å². The number of rotatable bonds is 8. The van der Waals surface area contributed by atoms with E-state index in [0.29, 0.717) is 44.2 Å². The summed E-state index contributed by atoms with van der Waals surface area (Å²) in [4.78, 5) is 25.7. The van der Waals surface area contributed by atoms with Crippen LogP contribution in [0.15, 0.2) is 43.0 Å². The van der Waals surface area contributed by atoms with E-state index in [1.165, 1.54) is 0 Å². The second kappa shape index (κ2) is 9.59. The third-order valence-corrected chi connectivity index (χ3v) is 5.25. The predicted octanol–water partition coefficient (Wildman–Crippen LogP) is 2.49. The smallest absolute Gasteiger partial charge is 0.235 e. The van der Waals surface area contributed by atoms with Crippen molar-refractivity contribution in [2.45, 2.75) is 26.7 Å². The number of amides is 1. The summed E-state index contributed by atoms with van der Waals surface area (Å²) >= 11 is 0. The van der Waals surface area contributed by atoms with Gasteiger partial charge in [0, 0.05) is 24.6 Å². The largest absolute Gasteiger partial charge is 0.486 e. The number of nitrogens with one attached hydrogen (secondary N) is 2. The zero-order chi connectivity index (χ0) is 22.5. The Labute approximate surface area is 186 Å². The predicted molar refractivity (Wildman–Crippen MR) is 119 cm³/mol. The molecule has 3 heterocycles. The molecule has 9 nitrogen and oxygen atoms in total. The molecule has 1 aliphatic heterocycles. The monoisotopic (exact) mass is 434 g/mol. The van der Waals surface area contributed by atoms with Crippen molar-refractivity contribution in [2.24, 2.45) is 5.92 Å². The lowest BCUT2D eigenvalue weighted by molar-refractivity contribution is -0.123. The number of hydrogen-bond donors (Lipinski definition) is 2. The van der Waals surface area contributed by atoms with Crippen LogP contribution in [0.4, 0.5) is 0 Å². The van der Waals surface area contributed by atoms with Crippen molar-refractivity contribution in [1.82, 2.24) is 24.8 Å². The number of fused-ring (bicyclic) bond motifs is 1. The minimum absolute atomic E-state index is 0.177. The van der Waals surface area contributed by atoms with Crippen LogP contribution in [0.1, 0.15) is 30.3 Å². The molecule has 0 spiro atoms. The highest BCUT2D eigenvalue weighted by molar-refractivity contribution is 6.10. The molecule has 2 aromatic heterocycles. The third kappa shape index (κ3) is 4.77. The molecule has 166 valence electrons. The molecule has 1 atom stereocenters.